The second kappa shape index (κ2) is 11.8. The molecule has 1 fully saturated rings. The highest BCUT2D eigenvalue weighted by Gasteiger charge is 2.49. The van der Waals surface area contributed by atoms with Gasteiger partial charge in [0.05, 0.1) is 11.9 Å². The van der Waals surface area contributed by atoms with Crippen LogP contribution in [-0.4, -0.2) is 68.2 Å². The fraction of sp³-hybridized carbons (Fsp3) is 0.393. The zero-order chi connectivity index (χ0) is 27.3. The average molecular weight is 526 g/mol. The molecule has 1 aliphatic heterocycles. The molecule has 2 aromatic carbocycles. The molecule has 0 saturated carbocycles. The number of phenolic OH excluding ortho intramolecular Hbond substituents is 1. The van der Waals surface area contributed by atoms with Gasteiger partial charge in [-0.15, -0.1) is 18.3 Å². The van der Waals surface area contributed by atoms with Crippen LogP contribution in [0.1, 0.15) is 40.9 Å². The Hall–Kier alpha value is -3.30. The summed E-state index contributed by atoms with van der Waals surface area (Å²) in [7, 11) is 0. The molecule has 0 aliphatic carbocycles. The van der Waals surface area contributed by atoms with Crippen LogP contribution < -0.4 is 10.6 Å². The van der Waals surface area contributed by atoms with Crippen LogP contribution in [0.3, 0.4) is 0 Å². The zero-order valence-corrected chi connectivity index (χ0v) is 22.5. The molecule has 4 N–H and O–H groups in total. The summed E-state index contributed by atoms with van der Waals surface area (Å²) in [5.41, 5.74) is 2.18. The van der Waals surface area contributed by atoms with Crippen molar-refractivity contribution in [2.45, 2.75) is 57.1 Å². The summed E-state index contributed by atoms with van der Waals surface area (Å²) in [5.74, 6) is -1.26. The van der Waals surface area contributed by atoms with Crippen molar-refractivity contribution in [3.8, 4) is 5.75 Å². The van der Waals surface area contributed by atoms with Gasteiger partial charge in [0.25, 0.3) is 11.8 Å². The Balaban J connectivity index is 1.90. The second-order valence-corrected chi connectivity index (χ2v) is 11.4. The maximum Gasteiger partial charge on any atom is 0.254 e. The molecule has 1 aliphatic rings. The Kier molecular flexibility index (Phi) is 9.04. The molecule has 8 nitrogen and oxygen atoms in total. The molecule has 198 valence electrons. The quantitative estimate of drug-likeness (QED) is 0.374. The van der Waals surface area contributed by atoms with Crippen molar-refractivity contribution in [3.05, 3.63) is 77.4 Å². The highest BCUT2D eigenvalue weighted by atomic mass is 32.2. The molecule has 9 heteroatoms. The first-order chi connectivity index (χ1) is 17.5. The molecular weight excluding hydrogens is 490 g/mol. The van der Waals surface area contributed by atoms with Crippen molar-refractivity contribution in [2.24, 2.45) is 0 Å². The van der Waals surface area contributed by atoms with E-state index < -0.39 is 34.7 Å². The Morgan fingerprint density at radius 2 is 1.89 bits per heavy atom. The number of phenols is 1. The van der Waals surface area contributed by atoms with Crippen molar-refractivity contribution >= 4 is 29.5 Å². The van der Waals surface area contributed by atoms with Crippen LogP contribution in [0.15, 0.2) is 55.1 Å². The van der Waals surface area contributed by atoms with Gasteiger partial charge in [0.2, 0.25) is 5.91 Å². The number of carbonyl (C=O) groups is 3. The van der Waals surface area contributed by atoms with Crippen molar-refractivity contribution in [2.75, 3.05) is 12.4 Å². The number of aliphatic hydroxyl groups excluding tert-OH is 1. The number of nitrogens with one attached hydrogen (secondary N) is 2. The van der Waals surface area contributed by atoms with Gasteiger partial charge in [-0.25, -0.2) is 0 Å². The maximum absolute atomic E-state index is 13.6. The van der Waals surface area contributed by atoms with Gasteiger partial charge in [0, 0.05) is 22.4 Å². The highest BCUT2D eigenvalue weighted by Crippen LogP contribution is 2.39. The predicted octanol–water partition coefficient (Wildman–Crippen LogP) is 2.69. The molecule has 3 rings (SSSR count). The van der Waals surface area contributed by atoms with Gasteiger partial charge in [-0.05, 0) is 57.4 Å². The van der Waals surface area contributed by atoms with E-state index in [1.54, 1.807) is 32.1 Å². The lowest BCUT2D eigenvalue weighted by Crippen LogP contribution is -2.58. The minimum Gasteiger partial charge on any atom is -0.508 e. The number of amides is 3. The Morgan fingerprint density at radius 3 is 2.54 bits per heavy atom. The lowest BCUT2D eigenvalue weighted by molar-refractivity contribution is -0.147. The van der Waals surface area contributed by atoms with E-state index in [2.05, 4.69) is 17.2 Å². The van der Waals surface area contributed by atoms with Crippen LogP contribution in [0.5, 0.6) is 5.75 Å². The number of nitrogens with zero attached hydrogens (tertiary/aromatic N) is 1. The summed E-state index contributed by atoms with van der Waals surface area (Å²) in [6.07, 6.45) is 0.144. The average Bonchev–Trinajstić information content (AvgIpc) is 3.18. The van der Waals surface area contributed by atoms with Crippen LogP contribution in [0, 0.1) is 13.8 Å². The van der Waals surface area contributed by atoms with Crippen LogP contribution in [0.4, 0.5) is 0 Å². The van der Waals surface area contributed by atoms with E-state index in [1.165, 1.54) is 16.7 Å². The highest BCUT2D eigenvalue weighted by molar-refractivity contribution is 8.00. The number of rotatable bonds is 9. The molecule has 0 unspecified atom stereocenters. The molecule has 0 bridgehead atoms. The summed E-state index contributed by atoms with van der Waals surface area (Å²) in [5, 5.41) is 27.1. The first kappa shape index (κ1) is 28.3. The summed E-state index contributed by atoms with van der Waals surface area (Å²) in [6.45, 7) is 11.0. The van der Waals surface area contributed by atoms with Gasteiger partial charge in [-0.2, -0.15) is 0 Å². The molecule has 1 heterocycles. The summed E-state index contributed by atoms with van der Waals surface area (Å²) in [6, 6.07) is 10.7. The van der Waals surface area contributed by atoms with Crippen molar-refractivity contribution in [3.63, 3.8) is 0 Å². The topological polar surface area (TPSA) is 119 Å². The summed E-state index contributed by atoms with van der Waals surface area (Å²) in [4.78, 5) is 41.2. The van der Waals surface area contributed by atoms with Crippen LogP contribution in [-0.2, 0) is 16.0 Å². The van der Waals surface area contributed by atoms with E-state index in [4.69, 9.17) is 0 Å². The van der Waals surface area contributed by atoms with E-state index in [9.17, 15) is 24.6 Å². The van der Waals surface area contributed by atoms with E-state index in [1.807, 2.05) is 44.2 Å². The monoisotopic (exact) mass is 525 g/mol. The number of aryl methyl sites for hydroxylation is 1. The largest absolute Gasteiger partial charge is 0.508 e. The third-order valence-electron chi connectivity index (χ3n) is 6.52. The third-order valence-corrected chi connectivity index (χ3v) is 7.89. The SMILES string of the molecule is C=CCNC(=O)[C@H]1N(C(=O)[C@@H](O)[C@H](Cc2ccccc2)NC(=O)c2cc(C)cc(O)c2C)CSC1(C)C. The molecule has 3 atom stereocenters. The van der Waals surface area contributed by atoms with Crippen LogP contribution >= 0.6 is 11.8 Å². The lowest BCUT2D eigenvalue weighted by Gasteiger charge is -2.33. The van der Waals surface area contributed by atoms with Crippen LogP contribution in [0.25, 0.3) is 0 Å². The Labute approximate surface area is 222 Å². The van der Waals surface area contributed by atoms with Crippen LogP contribution in [0.2, 0.25) is 0 Å². The molecule has 1 saturated heterocycles. The second-order valence-electron chi connectivity index (χ2n) is 9.79. The number of aliphatic hydroxyl groups is 1. The fourth-order valence-corrected chi connectivity index (χ4v) is 5.60. The molecule has 0 spiro atoms. The number of hydrogen-bond acceptors (Lipinski definition) is 6. The van der Waals surface area contributed by atoms with Gasteiger partial charge >= 0.3 is 0 Å². The Morgan fingerprint density at radius 1 is 1.22 bits per heavy atom. The van der Waals surface area contributed by atoms with Gasteiger partial charge in [0.15, 0.2) is 6.10 Å². The minimum absolute atomic E-state index is 0.00825. The van der Waals surface area contributed by atoms with Gasteiger partial charge in [-0.3, -0.25) is 14.4 Å². The first-order valence-electron chi connectivity index (χ1n) is 12.1. The maximum atomic E-state index is 13.6. The van der Waals surface area contributed by atoms with Crippen molar-refractivity contribution < 1.29 is 24.6 Å². The summed E-state index contributed by atoms with van der Waals surface area (Å²) < 4.78 is -0.574. The molecule has 37 heavy (non-hydrogen) atoms. The zero-order valence-electron chi connectivity index (χ0n) is 21.7. The molecular formula is C28H35N3O5S. The smallest absolute Gasteiger partial charge is 0.254 e. The number of thioether (sulfide) groups is 1. The van der Waals surface area contributed by atoms with E-state index >= 15 is 0 Å². The lowest BCUT2D eigenvalue weighted by atomic mass is 9.96. The number of hydrogen-bond donors (Lipinski definition) is 4. The molecule has 2 aromatic rings. The molecule has 0 aromatic heterocycles. The van der Waals surface area contributed by atoms with Gasteiger partial charge in [-0.1, -0.05) is 36.4 Å². The molecule has 3 amide bonds. The fourth-order valence-electron chi connectivity index (χ4n) is 4.46. The van der Waals surface area contributed by atoms with Crippen molar-refractivity contribution in [1.29, 1.82) is 0 Å². The number of aromatic hydroxyl groups is 1. The minimum atomic E-state index is -1.60. The van der Waals surface area contributed by atoms with Gasteiger partial charge < -0.3 is 25.7 Å². The van der Waals surface area contributed by atoms with Crippen molar-refractivity contribution in [1.82, 2.24) is 15.5 Å². The number of carbonyl (C=O) groups excluding carboxylic acids is 3. The first-order valence-corrected chi connectivity index (χ1v) is 13.1. The standard InChI is InChI=1S/C28H35N3O5S/c1-6-12-29-26(35)24-28(4,5)37-16-31(24)27(36)23(33)21(15-19-10-8-7-9-11-19)30-25(34)20-13-17(2)14-22(32)18(20)3/h6-11,13-14,21,23-24,32-33H,1,12,15-16H2,2-5H3,(H,29,35)(H,30,34)/t21-,23-,24+/m0/s1. The third kappa shape index (κ3) is 6.53. The van der Waals surface area contributed by atoms with E-state index in [0.29, 0.717) is 11.1 Å². The normalized spacial score (nSPS) is 18.1. The summed E-state index contributed by atoms with van der Waals surface area (Å²) >= 11 is 1.45. The van der Waals surface area contributed by atoms with E-state index in [-0.39, 0.29) is 36.1 Å². The molecule has 0 radical (unpaired) electrons. The van der Waals surface area contributed by atoms with E-state index in [0.717, 1.165) is 5.56 Å². The number of benzene rings is 2. The predicted molar refractivity (Wildman–Crippen MR) is 145 cm³/mol. The van der Waals surface area contributed by atoms with Gasteiger partial charge in [0.1, 0.15) is 11.8 Å². The Bertz CT molecular complexity index is 1170.